The summed E-state index contributed by atoms with van der Waals surface area (Å²) in [5.74, 6) is 0.626. The van der Waals surface area contributed by atoms with Crippen molar-refractivity contribution in [1.82, 2.24) is 4.90 Å². The van der Waals surface area contributed by atoms with E-state index in [0.29, 0.717) is 18.5 Å². The number of hydrogen-bond acceptors (Lipinski definition) is 3. The molecular weight excluding hydrogens is 314 g/mol. The molecule has 0 amide bonds. The summed E-state index contributed by atoms with van der Waals surface area (Å²) in [5, 5.41) is 0.739. The quantitative estimate of drug-likeness (QED) is 0.920. The molecule has 18 heavy (non-hydrogen) atoms. The number of guanidine groups is 1. The first kappa shape index (κ1) is 13.7. The second-order valence-electron chi connectivity index (χ2n) is 4.55. The molecule has 1 aliphatic heterocycles. The highest BCUT2D eigenvalue weighted by Crippen LogP contribution is 2.34. The first-order chi connectivity index (χ1) is 8.54. The fraction of sp³-hybridized carbons (Fsp3) is 0.462. The minimum absolute atomic E-state index is 0.174. The normalized spacial score (nSPS) is 21.0. The van der Waals surface area contributed by atoms with E-state index in [-0.39, 0.29) is 6.04 Å². The lowest BCUT2D eigenvalue weighted by atomic mass is 10.0. The lowest BCUT2D eigenvalue weighted by molar-refractivity contribution is 0.268. The van der Waals surface area contributed by atoms with E-state index in [0.717, 1.165) is 21.5 Å². The second kappa shape index (κ2) is 5.49. The molecule has 98 valence electrons. The van der Waals surface area contributed by atoms with Crippen LogP contribution in [0.15, 0.2) is 27.7 Å². The minimum Gasteiger partial charge on any atom is -0.370 e. The van der Waals surface area contributed by atoms with Crippen molar-refractivity contribution >= 4 is 33.5 Å². The zero-order valence-corrected chi connectivity index (χ0v) is 12.9. The lowest BCUT2D eigenvalue weighted by Crippen LogP contribution is -2.42. The van der Waals surface area contributed by atoms with Crippen molar-refractivity contribution in [3.05, 3.63) is 33.3 Å². The number of hydrogen-bond donors (Lipinski definition) is 1. The van der Waals surface area contributed by atoms with Crippen LogP contribution in [0.4, 0.5) is 0 Å². The summed E-state index contributed by atoms with van der Waals surface area (Å²) in [6.45, 7) is 5.01. The Morgan fingerprint density at radius 3 is 3.00 bits per heavy atom. The third-order valence-corrected chi connectivity index (χ3v) is 4.37. The smallest absolute Gasteiger partial charge is 0.192 e. The van der Waals surface area contributed by atoms with E-state index >= 15 is 0 Å². The van der Waals surface area contributed by atoms with Crippen LogP contribution in [0.25, 0.3) is 0 Å². The Morgan fingerprint density at radius 1 is 1.61 bits per heavy atom. The van der Waals surface area contributed by atoms with Crippen LogP contribution in [0, 0.1) is 0 Å². The molecule has 0 spiro atoms. The van der Waals surface area contributed by atoms with E-state index in [9.17, 15) is 0 Å². The molecule has 1 heterocycles. The Balaban J connectivity index is 2.36. The van der Waals surface area contributed by atoms with Gasteiger partial charge in [0.15, 0.2) is 5.96 Å². The third-order valence-electron chi connectivity index (χ3n) is 3.41. The molecule has 0 radical (unpaired) electrons. The van der Waals surface area contributed by atoms with Crippen LogP contribution < -0.4 is 5.73 Å². The largest absolute Gasteiger partial charge is 0.370 e. The molecule has 2 unspecified atom stereocenters. The molecule has 3 nitrogen and oxygen atoms in total. The first-order valence-electron chi connectivity index (χ1n) is 6.07. The number of nitrogens with zero attached hydrogens (tertiary/aromatic N) is 2. The van der Waals surface area contributed by atoms with Gasteiger partial charge in [0, 0.05) is 15.5 Å². The zero-order chi connectivity index (χ0) is 13.3. The summed E-state index contributed by atoms with van der Waals surface area (Å²) in [4.78, 5) is 6.55. The van der Waals surface area contributed by atoms with Gasteiger partial charge in [0.05, 0.1) is 12.6 Å². The van der Waals surface area contributed by atoms with Crippen LogP contribution in [0.1, 0.15) is 31.9 Å². The predicted molar refractivity (Wildman–Crippen MR) is 80.0 cm³/mol. The number of halogens is 2. The van der Waals surface area contributed by atoms with Gasteiger partial charge in [-0.1, -0.05) is 34.5 Å². The van der Waals surface area contributed by atoms with E-state index in [4.69, 9.17) is 17.3 Å². The molecular formula is C13H17BrClN3. The van der Waals surface area contributed by atoms with E-state index in [1.54, 1.807) is 0 Å². The van der Waals surface area contributed by atoms with Crippen molar-refractivity contribution in [2.24, 2.45) is 10.7 Å². The lowest BCUT2D eigenvalue weighted by Gasteiger charge is -2.32. The highest BCUT2D eigenvalue weighted by molar-refractivity contribution is 9.10. The highest BCUT2D eigenvalue weighted by atomic mass is 79.9. The molecule has 0 aromatic heterocycles. The van der Waals surface area contributed by atoms with Gasteiger partial charge in [0.25, 0.3) is 0 Å². The predicted octanol–water partition coefficient (Wildman–Crippen LogP) is 3.57. The second-order valence-corrected chi connectivity index (χ2v) is 5.84. The Hall–Kier alpha value is -0.740. The monoisotopic (exact) mass is 329 g/mol. The molecule has 1 aliphatic rings. The SMILES string of the molecule is CCC(C)N1C(N)=NCC1c1cc(Cl)ccc1Br. The van der Waals surface area contributed by atoms with Gasteiger partial charge in [-0.15, -0.1) is 0 Å². The van der Waals surface area contributed by atoms with Crippen molar-refractivity contribution < 1.29 is 0 Å². The molecule has 2 atom stereocenters. The van der Waals surface area contributed by atoms with Gasteiger partial charge in [-0.05, 0) is 37.1 Å². The van der Waals surface area contributed by atoms with Gasteiger partial charge >= 0.3 is 0 Å². The maximum Gasteiger partial charge on any atom is 0.192 e. The standard InChI is InChI=1S/C13H17BrClN3/c1-3-8(2)18-12(7-17-13(18)16)10-6-9(15)4-5-11(10)14/h4-6,8,12H,3,7H2,1-2H3,(H2,16,17). The Morgan fingerprint density at radius 2 is 2.33 bits per heavy atom. The van der Waals surface area contributed by atoms with Crippen molar-refractivity contribution in [3.63, 3.8) is 0 Å². The molecule has 5 heteroatoms. The fourth-order valence-electron chi connectivity index (χ4n) is 2.26. The molecule has 1 aromatic carbocycles. The Labute approximate surface area is 121 Å². The molecule has 2 N–H and O–H groups in total. The summed E-state index contributed by atoms with van der Waals surface area (Å²) >= 11 is 9.67. The van der Waals surface area contributed by atoms with Gasteiger partial charge in [-0.25, -0.2) is 0 Å². The number of nitrogens with two attached hydrogens (primary N) is 1. The van der Waals surface area contributed by atoms with Crippen LogP contribution >= 0.6 is 27.5 Å². The number of aliphatic imine (C=N–C) groups is 1. The van der Waals surface area contributed by atoms with Gasteiger partial charge in [-0.2, -0.15) is 0 Å². The van der Waals surface area contributed by atoms with Crippen LogP contribution in [0.3, 0.4) is 0 Å². The molecule has 1 aromatic rings. The fourth-order valence-corrected chi connectivity index (χ4v) is 2.95. The average Bonchev–Trinajstić information content (AvgIpc) is 2.73. The maximum atomic E-state index is 6.08. The van der Waals surface area contributed by atoms with Crippen molar-refractivity contribution in [3.8, 4) is 0 Å². The van der Waals surface area contributed by atoms with Gasteiger partial charge in [0.1, 0.15) is 0 Å². The van der Waals surface area contributed by atoms with Crippen LogP contribution in [0.5, 0.6) is 0 Å². The summed E-state index contributed by atoms with van der Waals surface area (Å²) in [6, 6.07) is 6.38. The van der Waals surface area contributed by atoms with Crippen molar-refractivity contribution in [1.29, 1.82) is 0 Å². The van der Waals surface area contributed by atoms with E-state index in [1.807, 2.05) is 18.2 Å². The minimum atomic E-state index is 0.174. The molecule has 0 saturated carbocycles. The van der Waals surface area contributed by atoms with Gasteiger partial charge in [-0.3, -0.25) is 4.99 Å². The summed E-state index contributed by atoms with van der Waals surface area (Å²) in [5.41, 5.74) is 7.14. The first-order valence-corrected chi connectivity index (χ1v) is 7.25. The average molecular weight is 331 g/mol. The van der Waals surface area contributed by atoms with Crippen molar-refractivity contribution in [2.45, 2.75) is 32.4 Å². The summed E-state index contributed by atoms with van der Waals surface area (Å²) in [7, 11) is 0. The summed E-state index contributed by atoms with van der Waals surface area (Å²) < 4.78 is 1.05. The maximum absolute atomic E-state index is 6.08. The third kappa shape index (κ3) is 2.50. The molecule has 0 saturated heterocycles. The Kier molecular flexibility index (Phi) is 4.17. The molecule has 0 fully saturated rings. The van der Waals surface area contributed by atoms with E-state index in [2.05, 4.69) is 39.7 Å². The Bertz CT molecular complexity index is 475. The van der Waals surface area contributed by atoms with Crippen molar-refractivity contribution in [2.75, 3.05) is 6.54 Å². The number of rotatable bonds is 3. The van der Waals surface area contributed by atoms with Crippen LogP contribution in [-0.2, 0) is 0 Å². The summed E-state index contributed by atoms with van der Waals surface area (Å²) in [6.07, 6.45) is 1.03. The van der Waals surface area contributed by atoms with E-state index in [1.165, 1.54) is 0 Å². The van der Waals surface area contributed by atoms with E-state index < -0.39 is 0 Å². The molecule has 2 rings (SSSR count). The highest BCUT2D eigenvalue weighted by Gasteiger charge is 2.31. The van der Waals surface area contributed by atoms with Crippen LogP contribution in [-0.4, -0.2) is 23.4 Å². The zero-order valence-electron chi connectivity index (χ0n) is 10.5. The molecule has 0 bridgehead atoms. The van der Waals surface area contributed by atoms with Gasteiger partial charge < -0.3 is 10.6 Å². The van der Waals surface area contributed by atoms with Gasteiger partial charge in [0.2, 0.25) is 0 Å². The van der Waals surface area contributed by atoms with Crippen LogP contribution in [0.2, 0.25) is 5.02 Å². The molecule has 0 aliphatic carbocycles. The number of benzene rings is 1. The topological polar surface area (TPSA) is 41.6 Å².